The Bertz CT molecular complexity index is 1470. The predicted molar refractivity (Wildman–Crippen MR) is 133 cm³/mol. The molecule has 0 bridgehead atoms. The minimum atomic E-state index is -0.00714. The molecule has 0 atom stereocenters. The van der Waals surface area contributed by atoms with Gasteiger partial charge in [-0.05, 0) is 35.9 Å². The summed E-state index contributed by atoms with van der Waals surface area (Å²) < 4.78 is 5.35. The van der Waals surface area contributed by atoms with Gasteiger partial charge in [-0.15, -0.1) is 0 Å². The number of ether oxygens (including phenoxy) is 1. The van der Waals surface area contributed by atoms with Gasteiger partial charge in [-0.3, -0.25) is 9.89 Å². The number of amides is 1. The minimum Gasteiger partial charge on any atom is -0.378 e. The maximum atomic E-state index is 12.8. The summed E-state index contributed by atoms with van der Waals surface area (Å²) in [5.74, 6) is 1.29. The monoisotopic (exact) mass is 465 g/mol. The summed E-state index contributed by atoms with van der Waals surface area (Å²) in [4.78, 5) is 27.1. The van der Waals surface area contributed by atoms with Crippen molar-refractivity contribution in [1.29, 1.82) is 0 Å². The molecule has 0 aliphatic carbocycles. The summed E-state index contributed by atoms with van der Waals surface area (Å²) in [6.07, 6.45) is 5.39. The SMILES string of the molecule is O=C(c1cc2ccc(-c3nccc(Nc4ccc(-c5cn[nH]c5)cc4)n3)cc2[nH]1)N1CCOCC1. The maximum Gasteiger partial charge on any atom is 0.270 e. The Balaban J connectivity index is 1.21. The van der Waals surface area contributed by atoms with Crippen molar-refractivity contribution in [2.45, 2.75) is 0 Å². The molecule has 0 radical (unpaired) electrons. The van der Waals surface area contributed by atoms with E-state index in [1.165, 1.54) is 0 Å². The van der Waals surface area contributed by atoms with E-state index in [1.54, 1.807) is 12.4 Å². The molecular formula is C26H23N7O2. The second-order valence-electron chi connectivity index (χ2n) is 8.34. The molecular weight excluding hydrogens is 442 g/mol. The number of carbonyl (C=O) groups excluding carboxylic acids is 1. The Morgan fingerprint density at radius 3 is 2.60 bits per heavy atom. The number of rotatable bonds is 5. The number of hydrogen-bond donors (Lipinski definition) is 3. The normalized spacial score (nSPS) is 13.8. The first-order valence-electron chi connectivity index (χ1n) is 11.4. The number of hydrogen-bond acceptors (Lipinski definition) is 6. The molecule has 1 saturated heterocycles. The second-order valence-corrected chi connectivity index (χ2v) is 8.34. The lowest BCUT2D eigenvalue weighted by molar-refractivity contribution is 0.0299. The van der Waals surface area contributed by atoms with Crippen LogP contribution in [0, 0.1) is 0 Å². The van der Waals surface area contributed by atoms with Gasteiger partial charge in [0.1, 0.15) is 11.5 Å². The number of nitrogens with zero attached hydrogens (tertiary/aromatic N) is 4. The van der Waals surface area contributed by atoms with Crippen LogP contribution in [-0.4, -0.2) is 62.3 Å². The van der Waals surface area contributed by atoms with Crippen LogP contribution < -0.4 is 5.32 Å². The molecule has 1 aliphatic rings. The van der Waals surface area contributed by atoms with Crippen molar-refractivity contribution in [2.75, 3.05) is 31.6 Å². The number of aromatic amines is 2. The third-order valence-electron chi connectivity index (χ3n) is 6.05. The molecule has 3 aromatic heterocycles. The first-order chi connectivity index (χ1) is 17.2. The molecule has 6 rings (SSSR count). The number of morpholine rings is 1. The van der Waals surface area contributed by atoms with E-state index >= 15 is 0 Å². The van der Waals surface area contributed by atoms with Gasteiger partial charge in [0, 0.05) is 53.2 Å². The molecule has 2 aromatic carbocycles. The first kappa shape index (κ1) is 21.1. The number of carbonyl (C=O) groups is 1. The predicted octanol–water partition coefficient (Wildman–Crippen LogP) is 4.23. The average molecular weight is 466 g/mol. The van der Waals surface area contributed by atoms with E-state index in [4.69, 9.17) is 9.72 Å². The Morgan fingerprint density at radius 1 is 0.971 bits per heavy atom. The fourth-order valence-electron chi connectivity index (χ4n) is 4.19. The van der Waals surface area contributed by atoms with E-state index < -0.39 is 0 Å². The molecule has 35 heavy (non-hydrogen) atoms. The van der Waals surface area contributed by atoms with Crippen molar-refractivity contribution in [3.63, 3.8) is 0 Å². The average Bonchev–Trinajstić information content (AvgIpc) is 3.59. The molecule has 9 heteroatoms. The zero-order valence-electron chi connectivity index (χ0n) is 18.9. The molecule has 1 aliphatic heterocycles. The van der Waals surface area contributed by atoms with Crippen LogP contribution in [0.2, 0.25) is 0 Å². The number of fused-ring (bicyclic) bond motifs is 1. The summed E-state index contributed by atoms with van der Waals surface area (Å²) >= 11 is 0. The van der Waals surface area contributed by atoms with E-state index in [0.717, 1.165) is 33.3 Å². The molecule has 0 unspecified atom stereocenters. The van der Waals surface area contributed by atoms with Crippen LogP contribution in [0.15, 0.2) is 73.2 Å². The zero-order chi connectivity index (χ0) is 23.6. The number of H-pyrrole nitrogens is 2. The van der Waals surface area contributed by atoms with Gasteiger partial charge < -0.3 is 19.9 Å². The lowest BCUT2D eigenvalue weighted by atomic mass is 10.1. The van der Waals surface area contributed by atoms with Crippen molar-refractivity contribution in [3.8, 4) is 22.5 Å². The highest BCUT2D eigenvalue weighted by Crippen LogP contribution is 2.26. The lowest BCUT2D eigenvalue weighted by Crippen LogP contribution is -2.40. The van der Waals surface area contributed by atoms with Crippen molar-refractivity contribution < 1.29 is 9.53 Å². The van der Waals surface area contributed by atoms with E-state index in [9.17, 15) is 4.79 Å². The Labute approximate surface area is 201 Å². The first-order valence-corrected chi connectivity index (χ1v) is 11.4. The van der Waals surface area contributed by atoms with Gasteiger partial charge in [0.05, 0.1) is 19.4 Å². The smallest absolute Gasteiger partial charge is 0.270 e. The molecule has 0 saturated carbocycles. The Hall–Kier alpha value is -4.50. The summed E-state index contributed by atoms with van der Waals surface area (Å²) in [5.41, 5.74) is 5.36. The highest BCUT2D eigenvalue weighted by Gasteiger charge is 2.20. The van der Waals surface area contributed by atoms with Crippen molar-refractivity contribution >= 4 is 28.3 Å². The molecule has 4 heterocycles. The molecule has 0 spiro atoms. The van der Waals surface area contributed by atoms with Crippen LogP contribution in [0.5, 0.6) is 0 Å². The highest BCUT2D eigenvalue weighted by atomic mass is 16.5. The molecule has 1 fully saturated rings. The Kier molecular flexibility index (Phi) is 5.44. The molecule has 1 amide bonds. The number of benzene rings is 2. The van der Waals surface area contributed by atoms with Crippen LogP contribution >= 0.6 is 0 Å². The molecule has 5 aromatic rings. The molecule has 174 valence electrons. The van der Waals surface area contributed by atoms with Crippen molar-refractivity contribution in [1.82, 2.24) is 30.0 Å². The van der Waals surface area contributed by atoms with Crippen LogP contribution in [0.4, 0.5) is 11.5 Å². The second kappa shape index (κ2) is 9.03. The largest absolute Gasteiger partial charge is 0.378 e. The standard InChI is InChI=1S/C26H23N7O2/c34-26(33-9-11-35-12-10-33)23-13-18-1-2-19(14-22(18)31-23)25-27-8-7-24(32-25)30-21-5-3-17(4-6-21)20-15-28-29-16-20/h1-8,13-16,31H,9-12H2,(H,28,29)(H,27,30,32). The minimum absolute atomic E-state index is 0.00714. The van der Waals surface area contributed by atoms with Crippen molar-refractivity contribution in [2.24, 2.45) is 0 Å². The fraction of sp³-hybridized carbons (Fsp3) is 0.154. The number of nitrogens with one attached hydrogen (secondary N) is 3. The topological polar surface area (TPSA) is 112 Å². The number of anilines is 2. The summed E-state index contributed by atoms with van der Waals surface area (Å²) in [7, 11) is 0. The zero-order valence-corrected chi connectivity index (χ0v) is 18.9. The van der Waals surface area contributed by atoms with Crippen LogP contribution in [-0.2, 0) is 4.74 Å². The third kappa shape index (κ3) is 4.36. The van der Waals surface area contributed by atoms with E-state index in [2.05, 4.69) is 25.5 Å². The van der Waals surface area contributed by atoms with Gasteiger partial charge in [0.15, 0.2) is 5.82 Å². The quantitative estimate of drug-likeness (QED) is 0.358. The van der Waals surface area contributed by atoms with E-state index in [1.807, 2.05) is 65.7 Å². The van der Waals surface area contributed by atoms with Gasteiger partial charge >= 0.3 is 0 Å². The molecule has 3 N–H and O–H groups in total. The van der Waals surface area contributed by atoms with Gasteiger partial charge in [-0.1, -0.05) is 24.3 Å². The van der Waals surface area contributed by atoms with E-state index in [0.29, 0.717) is 43.6 Å². The van der Waals surface area contributed by atoms with Crippen LogP contribution in [0.25, 0.3) is 33.4 Å². The number of aromatic nitrogens is 5. The third-order valence-corrected chi connectivity index (χ3v) is 6.05. The summed E-state index contributed by atoms with van der Waals surface area (Å²) in [5, 5.41) is 11.1. The van der Waals surface area contributed by atoms with Crippen LogP contribution in [0.1, 0.15) is 10.5 Å². The van der Waals surface area contributed by atoms with Gasteiger partial charge in [-0.2, -0.15) is 5.10 Å². The highest BCUT2D eigenvalue weighted by molar-refractivity contribution is 5.98. The van der Waals surface area contributed by atoms with Crippen molar-refractivity contribution in [3.05, 3.63) is 78.9 Å². The maximum absolute atomic E-state index is 12.8. The van der Waals surface area contributed by atoms with Gasteiger partial charge in [0.25, 0.3) is 5.91 Å². The summed E-state index contributed by atoms with van der Waals surface area (Å²) in [6.45, 7) is 2.37. The summed E-state index contributed by atoms with van der Waals surface area (Å²) in [6, 6.07) is 17.7. The van der Waals surface area contributed by atoms with Crippen LogP contribution in [0.3, 0.4) is 0 Å². The molecule has 9 nitrogen and oxygen atoms in total. The lowest BCUT2D eigenvalue weighted by Gasteiger charge is -2.26. The Morgan fingerprint density at radius 2 is 1.80 bits per heavy atom. The van der Waals surface area contributed by atoms with Gasteiger partial charge in [0.2, 0.25) is 0 Å². The fourth-order valence-corrected chi connectivity index (χ4v) is 4.19. The van der Waals surface area contributed by atoms with E-state index in [-0.39, 0.29) is 5.91 Å². The van der Waals surface area contributed by atoms with Gasteiger partial charge in [-0.25, -0.2) is 9.97 Å².